The van der Waals surface area contributed by atoms with Crippen LogP contribution in [0.4, 0.5) is 5.69 Å². The van der Waals surface area contributed by atoms with E-state index in [1.807, 2.05) is 0 Å². The molecule has 0 saturated heterocycles. The van der Waals surface area contributed by atoms with Gasteiger partial charge in [-0.1, -0.05) is 28.1 Å². The maximum Gasteiger partial charge on any atom is 0.250 e. The first-order valence-electron chi connectivity index (χ1n) is 6.93. The van der Waals surface area contributed by atoms with E-state index < -0.39 is 0 Å². The van der Waals surface area contributed by atoms with Crippen LogP contribution < -0.4 is 11.3 Å². The molecule has 5 heteroatoms. The predicted octanol–water partition coefficient (Wildman–Crippen LogP) is 2.72. The molecule has 0 bridgehead atoms. The number of pyridine rings is 1. The average Bonchev–Trinajstić information content (AvgIpc) is 2.45. The summed E-state index contributed by atoms with van der Waals surface area (Å²) in [6.45, 7) is 2.52. The Bertz CT molecular complexity index is 637. The lowest BCUT2D eigenvalue weighted by atomic mass is 10.2. The van der Waals surface area contributed by atoms with Crippen molar-refractivity contribution in [2.75, 3.05) is 19.3 Å². The van der Waals surface area contributed by atoms with Crippen molar-refractivity contribution in [1.82, 2.24) is 9.47 Å². The zero-order valence-electron chi connectivity index (χ0n) is 12.1. The Balaban J connectivity index is 1.81. The second kappa shape index (κ2) is 7.43. The number of aryl methyl sites for hydroxylation is 1. The summed E-state index contributed by atoms with van der Waals surface area (Å²) in [4.78, 5) is 13.9. The third kappa shape index (κ3) is 5.02. The quantitative estimate of drug-likeness (QED) is 0.872. The maximum absolute atomic E-state index is 11.7. The monoisotopic (exact) mass is 349 g/mol. The van der Waals surface area contributed by atoms with E-state index in [1.165, 1.54) is 11.6 Å². The molecule has 0 aliphatic heterocycles. The van der Waals surface area contributed by atoms with Crippen molar-refractivity contribution in [3.05, 3.63) is 63.0 Å². The molecule has 21 heavy (non-hydrogen) atoms. The van der Waals surface area contributed by atoms with Gasteiger partial charge in [-0.15, -0.1) is 0 Å². The smallest absolute Gasteiger partial charge is 0.250 e. The number of rotatable bonds is 6. The number of hydrogen-bond acceptors (Lipinski definition) is 3. The van der Waals surface area contributed by atoms with E-state index in [-0.39, 0.29) is 5.56 Å². The molecule has 0 spiro atoms. The lowest BCUT2D eigenvalue weighted by Crippen LogP contribution is -2.24. The Morgan fingerprint density at radius 3 is 2.62 bits per heavy atom. The van der Waals surface area contributed by atoms with Gasteiger partial charge in [-0.25, -0.2) is 0 Å². The van der Waals surface area contributed by atoms with Gasteiger partial charge in [0.2, 0.25) is 0 Å². The molecule has 0 atom stereocenters. The van der Waals surface area contributed by atoms with Crippen molar-refractivity contribution in [2.45, 2.75) is 19.5 Å². The Morgan fingerprint density at radius 1 is 1.19 bits per heavy atom. The van der Waals surface area contributed by atoms with Gasteiger partial charge in [-0.2, -0.15) is 0 Å². The second-order valence-electron chi connectivity index (χ2n) is 5.21. The van der Waals surface area contributed by atoms with Crippen molar-refractivity contribution in [3.63, 3.8) is 0 Å². The van der Waals surface area contributed by atoms with Gasteiger partial charge in [-0.05, 0) is 43.8 Å². The van der Waals surface area contributed by atoms with Crippen LogP contribution >= 0.6 is 15.9 Å². The normalized spacial score (nSPS) is 11.0. The first-order chi connectivity index (χ1) is 10.0. The van der Waals surface area contributed by atoms with E-state index in [0.717, 1.165) is 24.0 Å². The summed E-state index contributed by atoms with van der Waals surface area (Å²) in [6.07, 6.45) is 2.62. The lowest BCUT2D eigenvalue weighted by Gasteiger charge is -2.17. The SMILES string of the molecule is CN(CCCn1cc(N)ccc1=O)Cc1ccc(Br)cc1. The first kappa shape index (κ1) is 15.8. The summed E-state index contributed by atoms with van der Waals surface area (Å²) in [6, 6.07) is 11.5. The fourth-order valence-electron chi connectivity index (χ4n) is 2.22. The van der Waals surface area contributed by atoms with Crippen LogP contribution in [0.3, 0.4) is 0 Å². The van der Waals surface area contributed by atoms with E-state index in [9.17, 15) is 4.79 Å². The molecule has 0 saturated carbocycles. The number of aromatic nitrogens is 1. The molecular weight excluding hydrogens is 330 g/mol. The Hall–Kier alpha value is -1.59. The van der Waals surface area contributed by atoms with Gasteiger partial charge in [0.15, 0.2) is 0 Å². The second-order valence-corrected chi connectivity index (χ2v) is 6.13. The van der Waals surface area contributed by atoms with Gasteiger partial charge < -0.3 is 15.2 Å². The van der Waals surface area contributed by atoms with Gasteiger partial charge in [0.05, 0.1) is 0 Å². The largest absolute Gasteiger partial charge is 0.398 e. The fourth-order valence-corrected chi connectivity index (χ4v) is 2.48. The third-order valence-corrected chi connectivity index (χ3v) is 3.84. The maximum atomic E-state index is 11.7. The van der Waals surface area contributed by atoms with Crippen molar-refractivity contribution >= 4 is 21.6 Å². The predicted molar refractivity (Wildman–Crippen MR) is 90.2 cm³/mol. The van der Waals surface area contributed by atoms with Crippen molar-refractivity contribution in [1.29, 1.82) is 0 Å². The first-order valence-corrected chi connectivity index (χ1v) is 7.73. The number of anilines is 1. The van der Waals surface area contributed by atoms with Crippen LogP contribution in [0.1, 0.15) is 12.0 Å². The summed E-state index contributed by atoms with van der Waals surface area (Å²) >= 11 is 3.44. The van der Waals surface area contributed by atoms with Crippen molar-refractivity contribution < 1.29 is 0 Å². The molecule has 0 unspecified atom stereocenters. The minimum Gasteiger partial charge on any atom is -0.398 e. The number of nitrogens with zero attached hydrogens (tertiary/aromatic N) is 2. The van der Waals surface area contributed by atoms with E-state index in [2.05, 4.69) is 52.1 Å². The zero-order chi connectivity index (χ0) is 15.2. The number of nitrogen functional groups attached to an aromatic ring is 1. The molecule has 0 radical (unpaired) electrons. The van der Waals surface area contributed by atoms with E-state index in [1.54, 1.807) is 16.8 Å². The number of benzene rings is 1. The highest BCUT2D eigenvalue weighted by Gasteiger charge is 2.02. The standard InChI is InChI=1S/C16H20BrN3O/c1-19(11-13-3-5-14(17)6-4-13)9-2-10-20-12-15(18)7-8-16(20)21/h3-8,12H,2,9-11,18H2,1H3. The molecular formula is C16H20BrN3O. The van der Waals surface area contributed by atoms with E-state index in [0.29, 0.717) is 12.2 Å². The zero-order valence-corrected chi connectivity index (χ0v) is 13.7. The molecule has 1 heterocycles. The van der Waals surface area contributed by atoms with Crippen LogP contribution in [-0.4, -0.2) is 23.1 Å². The highest BCUT2D eigenvalue weighted by Crippen LogP contribution is 2.11. The highest BCUT2D eigenvalue weighted by atomic mass is 79.9. The Labute approximate surface area is 133 Å². The molecule has 1 aromatic carbocycles. The molecule has 0 aliphatic carbocycles. The van der Waals surface area contributed by atoms with Gasteiger partial charge in [0.25, 0.3) is 5.56 Å². The molecule has 2 N–H and O–H groups in total. The highest BCUT2D eigenvalue weighted by molar-refractivity contribution is 9.10. The molecule has 4 nitrogen and oxygen atoms in total. The molecule has 112 valence electrons. The number of halogens is 1. The lowest BCUT2D eigenvalue weighted by molar-refractivity contribution is 0.313. The summed E-state index contributed by atoms with van der Waals surface area (Å²) in [7, 11) is 2.09. The van der Waals surface area contributed by atoms with Gasteiger partial charge in [0, 0.05) is 35.5 Å². The van der Waals surface area contributed by atoms with Crippen LogP contribution in [0.5, 0.6) is 0 Å². The molecule has 2 aromatic rings. The van der Waals surface area contributed by atoms with Crippen molar-refractivity contribution in [2.24, 2.45) is 0 Å². The summed E-state index contributed by atoms with van der Waals surface area (Å²) in [5, 5.41) is 0. The Kier molecular flexibility index (Phi) is 5.59. The number of hydrogen-bond donors (Lipinski definition) is 1. The van der Waals surface area contributed by atoms with Crippen LogP contribution in [0.15, 0.2) is 51.9 Å². The van der Waals surface area contributed by atoms with E-state index in [4.69, 9.17) is 5.73 Å². The summed E-state index contributed by atoms with van der Waals surface area (Å²) in [5.74, 6) is 0. The van der Waals surface area contributed by atoms with Crippen molar-refractivity contribution in [3.8, 4) is 0 Å². The number of nitrogens with two attached hydrogens (primary N) is 1. The van der Waals surface area contributed by atoms with Gasteiger partial charge in [-0.3, -0.25) is 4.79 Å². The average molecular weight is 350 g/mol. The fraction of sp³-hybridized carbons (Fsp3) is 0.312. The van der Waals surface area contributed by atoms with Gasteiger partial charge >= 0.3 is 0 Å². The topological polar surface area (TPSA) is 51.3 Å². The Morgan fingerprint density at radius 2 is 1.90 bits per heavy atom. The molecule has 2 rings (SSSR count). The van der Waals surface area contributed by atoms with Crippen LogP contribution in [0.2, 0.25) is 0 Å². The molecule has 0 aliphatic rings. The summed E-state index contributed by atoms with van der Waals surface area (Å²) in [5.41, 5.74) is 7.60. The van der Waals surface area contributed by atoms with Gasteiger partial charge in [0.1, 0.15) is 0 Å². The minimum atomic E-state index is -0.000220. The van der Waals surface area contributed by atoms with E-state index >= 15 is 0 Å². The third-order valence-electron chi connectivity index (χ3n) is 3.31. The molecule has 1 aromatic heterocycles. The summed E-state index contributed by atoms with van der Waals surface area (Å²) < 4.78 is 2.76. The van der Waals surface area contributed by atoms with Crippen LogP contribution in [0.25, 0.3) is 0 Å². The molecule has 0 fully saturated rings. The molecule has 0 amide bonds. The minimum absolute atomic E-state index is 0.000220. The van der Waals surface area contributed by atoms with Crippen LogP contribution in [-0.2, 0) is 13.1 Å². The van der Waals surface area contributed by atoms with Crippen LogP contribution in [0, 0.1) is 0 Å².